The highest BCUT2D eigenvalue weighted by Gasteiger charge is 2.14. The lowest BCUT2D eigenvalue weighted by Gasteiger charge is -2.15. The molecule has 6 heteroatoms. The molecule has 0 aromatic heterocycles. The third-order valence-corrected chi connectivity index (χ3v) is 4.62. The standard InChI is InChI=1S/C23H28N2O4/c1-5-17(4)19-8-6-7-9-20(19)25-21(26)14-29-22(27)13-24-23(28)18-11-15(2)10-16(3)12-18/h6-12,17H,5,13-14H2,1-4H3,(H,24,28)(H,25,26)/t17-/m1/s1. The van der Waals surface area contributed by atoms with Crippen LogP contribution in [0.1, 0.15) is 53.2 Å². The average Bonchev–Trinajstić information content (AvgIpc) is 2.69. The van der Waals surface area contributed by atoms with Crippen molar-refractivity contribution in [2.75, 3.05) is 18.5 Å². The van der Waals surface area contributed by atoms with E-state index in [1.165, 1.54) is 0 Å². The van der Waals surface area contributed by atoms with Crippen molar-refractivity contribution < 1.29 is 19.1 Å². The summed E-state index contributed by atoms with van der Waals surface area (Å²) in [6.07, 6.45) is 0.946. The molecule has 2 amide bonds. The van der Waals surface area contributed by atoms with Gasteiger partial charge in [0, 0.05) is 11.3 Å². The number of anilines is 1. The van der Waals surface area contributed by atoms with Gasteiger partial charge in [-0.25, -0.2) is 0 Å². The number of carbonyl (C=O) groups is 3. The Labute approximate surface area is 171 Å². The highest BCUT2D eigenvalue weighted by Crippen LogP contribution is 2.26. The van der Waals surface area contributed by atoms with Crippen LogP contribution in [-0.4, -0.2) is 30.9 Å². The first kappa shape index (κ1) is 22.1. The molecule has 0 bridgehead atoms. The van der Waals surface area contributed by atoms with E-state index in [9.17, 15) is 14.4 Å². The number of hydrogen-bond acceptors (Lipinski definition) is 4. The van der Waals surface area contributed by atoms with Crippen LogP contribution in [0, 0.1) is 13.8 Å². The van der Waals surface area contributed by atoms with Gasteiger partial charge in [0.25, 0.3) is 11.8 Å². The number of benzene rings is 2. The van der Waals surface area contributed by atoms with Gasteiger partial charge in [0.05, 0.1) is 0 Å². The fourth-order valence-corrected chi connectivity index (χ4v) is 3.00. The fourth-order valence-electron chi connectivity index (χ4n) is 3.00. The number of ether oxygens (including phenoxy) is 1. The minimum Gasteiger partial charge on any atom is -0.454 e. The zero-order chi connectivity index (χ0) is 21.4. The summed E-state index contributed by atoms with van der Waals surface area (Å²) in [7, 11) is 0. The fraction of sp³-hybridized carbons (Fsp3) is 0.348. The highest BCUT2D eigenvalue weighted by molar-refractivity contribution is 5.97. The van der Waals surface area contributed by atoms with Crippen molar-refractivity contribution in [3.8, 4) is 0 Å². The van der Waals surface area contributed by atoms with Crippen molar-refractivity contribution in [2.45, 2.75) is 40.0 Å². The van der Waals surface area contributed by atoms with Crippen LogP contribution in [0.5, 0.6) is 0 Å². The number of hydrogen-bond donors (Lipinski definition) is 2. The third-order valence-electron chi connectivity index (χ3n) is 4.62. The van der Waals surface area contributed by atoms with Crippen LogP contribution in [0.15, 0.2) is 42.5 Å². The molecular formula is C23H28N2O4. The van der Waals surface area contributed by atoms with Gasteiger partial charge < -0.3 is 15.4 Å². The Morgan fingerprint density at radius 1 is 1.03 bits per heavy atom. The molecule has 0 radical (unpaired) electrons. The molecule has 0 saturated heterocycles. The maximum absolute atomic E-state index is 12.2. The molecule has 0 heterocycles. The van der Waals surface area contributed by atoms with Crippen molar-refractivity contribution in [1.82, 2.24) is 5.32 Å². The van der Waals surface area contributed by atoms with E-state index in [0.717, 1.165) is 23.1 Å². The second-order valence-corrected chi connectivity index (χ2v) is 7.16. The summed E-state index contributed by atoms with van der Waals surface area (Å²) in [6, 6.07) is 13.0. The number of amides is 2. The van der Waals surface area contributed by atoms with Crippen molar-refractivity contribution in [3.63, 3.8) is 0 Å². The van der Waals surface area contributed by atoms with Crippen molar-refractivity contribution in [3.05, 3.63) is 64.7 Å². The Morgan fingerprint density at radius 2 is 1.69 bits per heavy atom. The molecule has 2 aromatic rings. The lowest BCUT2D eigenvalue weighted by molar-refractivity contribution is -0.146. The van der Waals surface area contributed by atoms with Gasteiger partial charge in [-0.3, -0.25) is 14.4 Å². The van der Waals surface area contributed by atoms with Gasteiger partial charge in [-0.2, -0.15) is 0 Å². The largest absolute Gasteiger partial charge is 0.454 e. The molecule has 0 saturated carbocycles. The lowest BCUT2D eigenvalue weighted by Crippen LogP contribution is -2.32. The van der Waals surface area contributed by atoms with E-state index in [1.54, 1.807) is 12.1 Å². The summed E-state index contributed by atoms with van der Waals surface area (Å²) < 4.78 is 4.97. The summed E-state index contributed by atoms with van der Waals surface area (Å²) in [5, 5.41) is 5.29. The zero-order valence-corrected chi connectivity index (χ0v) is 17.4. The summed E-state index contributed by atoms with van der Waals surface area (Å²) in [4.78, 5) is 36.2. The number of carbonyl (C=O) groups excluding carboxylic acids is 3. The first-order chi connectivity index (χ1) is 13.8. The molecule has 0 aliphatic rings. The molecule has 0 spiro atoms. The predicted molar refractivity (Wildman–Crippen MR) is 113 cm³/mol. The maximum Gasteiger partial charge on any atom is 0.325 e. The van der Waals surface area contributed by atoms with Gasteiger partial charge in [-0.15, -0.1) is 0 Å². The van der Waals surface area contributed by atoms with Crippen LogP contribution in [0.25, 0.3) is 0 Å². The minimum absolute atomic E-state index is 0.300. The summed E-state index contributed by atoms with van der Waals surface area (Å²) >= 11 is 0. The Morgan fingerprint density at radius 3 is 2.34 bits per heavy atom. The Kier molecular flexibility index (Phi) is 7.95. The molecule has 2 aromatic carbocycles. The van der Waals surface area contributed by atoms with E-state index < -0.39 is 18.5 Å². The van der Waals surface area contributed by atoms with E-state index in [4.69, 9.17) is 4.74 Å². The molecule has 0 aliphatic heterocycles. The predicted octanol–water partition coefficient (Wildman–Crippen LogP) is 3.73. The summed E-state index contributed by atoms with van der Waals surface area (Å²) in [5.41, 5.74) is 4.16. The molecule has 6 nitrogen and oxygen atoms in total. The topological polar surface area (TPSA) is 84.5 Å². The van der Waals surface area contributed by atoms with Gasteiger partial charge in [-0.1, -0.05) is 49.2 Å². The number of aryl methyl sites for hydroxylation is 2. The van der Waals surface area contributed by atoms with Crippen molar-refractivity contribution >= 4 is 23.5 Å². The van der Waals surface area contributed by atoms with Crippen LogP contribution >= 0.6 is 0 Å². The highest BCUT2D eigenvalue weighted by atomic mass is 16.5. The van der Waals surface area contributed by atoms with Crippen molar-refractivity contribution in [1.29, 1.82) is 0 Å². The SMILES string of the molecule is CC[C@@H](C)c1ccccc1NC(=O)COC(=O)CNC(=O)c1cc(C)cc(C)c1. The zero-order valence-electron chi connectivity index (χ0n) is 17.4. The summed E-state index contributed by atoms with van der Waals surface area (Å²) in [5.74, 6) is -1.15. The maximum atomic E-state index is 12.2. The Balaban J connectivity index is 1.82. The van der Waals surface area contributed by atoms with Crippen LogP contribution in [0.4, 0.5) is 5.69 Å². The van der Waals surface area contributed by atoms with Gasteiger partial charge in [0.15, 0.2) is 6.61 Å². The lowest BCUT2D eigenvalue weighted by atomic mass is 9.97. The molecule has 1 atom stereocenters. The minimum atomic E-state index is -0.673. The van der Waals surface area contributed by atoms with Gasteiger partial charge in [0.2, 0.25) is 0 Å². The molecule has 2 rings (SSSR count). The first-order valence-electron chi connectivity index (χ1n) is 9.71. The molecule has 0 unspecified atom stereocenters. The molecule has 29 heavy (non-hydrogen) atoms. The van der Waals surface area contributed by atoms with E-state index in [-0.39, 0.29) is 12.5 Å². The smallest absolute Gasteiger partial charge is 0.325 e. The second-order valence-electron chi connectivity index (χ2n) is 7.16. The van der Waals surface area contributed by atoms with Crippen LogP contribution < -0.4 is 10.6 Å². The quantitative estimate of drug-likeness (QED) is 0.666. The molecule has 2 N–H and O–H groups in total. The van der Waals surface area contributed by atoms with Crippen LogP contribution in [0.2, 0.25) is 0 Å². The second kappa shape index (κ2) is 10.4. The normalized spacial score (nSPS) is 11.4. The third kappa shape index (κ3) is 6.75. The van der Waals surface area contributed by atoms with Gasteiger partial charge in [0.1, 0.15) is 6.54 Å². The average molecular weight is 396 g/mol. The summed E-state index contributed by atoms with van der Waals surface area (Å²) in [6.45, 7) is 7.25. The number of rotatable bonds is 8. The van der Waals surface area contributed by atoms with Crippen LogP contribution in [-0.2, 0) is 14.3 Å². The Bertz CT molecular complexity index is 872. The number of para-hydroxylation sites is 1. The Hall–Kier alpha value is -3.15. The first-order valence-corrected chi connectivity index (χ1v) is 9.71. The van der Waals surface area contributed by atoms with Gasteiger partial charge >= 0.3 is 5.97 Å². The monoisotopic (exact) mass is 396 g/mol. The van der Waals surface area contributed by atoms with E-state index in [2.05, 4.69) is 24.5 Å². The van der Waals surface area contributed by atoms with Gasteiger partial charge in [-0.05, 0) is 49.9 Å². The van der Waals surface area contributed by atoms with Crippen molar-refractivity contribution in [2.24, 2.45) is 0 Å². The molecular weight excluding hydrogens is 368 g/mol. The number of esters is 1. The molecule has 0 fully saturated rings. The van der Waals surface area contributed by atoms with E-state index in [0.29, 0.717) is 17.2 Å². The van der Waals surface area contributed by atoms with E-state index >= 15 is 0 Å². The molecule has 0 aliphatic carbocycles. The number of nitrogens with one attached hydrogen (secondary N) is 2. The van der Waals surface area contributed by atoms with Crippen LogP contribution in [0.3, 0.4) is 0 Å². The molecule has 154 valence electrons. The van der Waals surface area contributed by atoms with E-state index in [1.807, 2.05) is 44.2 Å².